The zero-order valence-electron chi connectivity index (χ0n) is 3.28. The molecule has 0 saturated carbocycles. The first-order valence-corrected chi connectivity index (χ1v) is 2.45. The molecule has 26 valence electrons. The van der Waals surface area contributed by atoms with Gasteiger partial charge in [-0.3, -0.25) is 0 Å². The maximum absolute atomic E-state index is 3.40. The highest BCUT2D eigenvalue weighted by molar-refractivity contribution is 6.22. The smallest absolute Gasteiger partial charge is 0.0911 e. The van der Waals surface area contributed by atoms with Crippen LogP contribution in [0.15, 0.2) is 12.7 Å². The fourth-order valence-corrected chi connectivity index (χ4v) is 0.306. The van der Waals surface area contributed by atoms with Gasteiger partial charge < -0.3 is 0 Å². The zero-order valence-corrected chi connectivity index (χ0v) is 5.28. The lowest BCUT2D eigenvalue weighted by molar-refractivity contribution is 2.32. The van der Waals surface area contributed by atoms with Crippen LogP contribution in [0, 0.1) is 11.5 Å². The SMILES string of the molecule is C=CC#C[SiH3]. The third-order valence-electron chi connectivity index (χ3n) is 0.246. The molecule has 0 bridgehead atoms. The molecule has 0 aromatic heterocycles. The summed E-state index contributed by atoms with van der Waals surface area (Å²) in [6.45, 7) is 3.40. The van der Waals surface area contributed by atoms with E-state index in [9.17, 15) is 0 Å². The Morgan fingerprint density at radius 1 is 1.80 bits per heavy atom. The van der Waals surface area contributed by atoms with E-state index in [1.54, 1.807) is 6.08 Å². The molecule has 0 fully saturated rings. The Morgan fingerprint density at radius 3 is 2.40 bits per heavy atom. The van der Waals surface area contributed by atoms with E-state index in [4.69, 9.17) is 0 Å². The van der Waals surface area contributed by atoms with Crippen molar-refractivity contribution in [2.24, 2.45) is 0 Å². The predicted octanol–water partition coefficient (Wildman–Crippen LogP) is -0.501. The first kappa shape index (κ1) is 4.52. The number of hydrogen-bond donors (Lipinski definition) is 0. The Labute approximate surface area is 35.3 Å². The van der Waals surface area contributed by atoms with Crippen molar-refractivity contribution < 1.29 is 0 Å². The number of allylic oxidation sites excluding steroid dienone is 1. The van der Waals surface area contributed by atoms with Crippen LogP contribution in [0.4, 0.5) is 0 Å². The Bertz CT molecular complexity index is 73.4. The maximum atomic E-state index is 3.40. The standard InChI is InChI=1S/C4H6Si/c1-2-3-4-5/h2H,1H2,5H3. The maximum Gasteiger partial charge on any atom is 0.0911 e. The van der Waals surface area contributed by atoms with Gasteiger partial charge in [-0.25, -0.2) is 0 Å². The van der Waals surface area contributed by atoms with Crippen LogP contribution in [-0.4, -0.2) is 10.2 Å². The molecule has 0 unspecified atom stereocenters. The minimum Gasteiger partial charge on any atom is -0.139 e. The molecule has 0 aromatic carbocycles. The molecule has 5 heavy (non-hydrogen) atoms. The molecule has 0 heterocycles. The van der Waals surface area contributed by atoms with Crippen molar-refractivity contribution >= 4 is 10.2 Å². The van der Waals surface area contributed by atoms with Crippen LogP contribution in [-0.2, 0) is 0 Å². The van der Waals surface area contributed by atoms with Crippen molar-refractivity contribution in [2.45, 2.75) is 0 Å². The lowest BCUT2D eigenvalue weighted by Gasteiger charge is -1.47. The molecule has 0 rings (SSSR count). The Hall–Kier alpha value is -0.483. The minimum absolute atomic E-state index is 0.966. The molecule has 0 aliphatic rings. The largest absolute Gasteiger partial charge is 0.139 e. The van der Waals surface area contributed by atoms with Gasteiger partial charge in [0.2, 0.25) is 0 Å². The summed E-state index contributed by atoms with van der Waals surface area (Å²) < 4.78 is 0. The van der Waals surface area contributed by atoms with Crippen molar-refractivity contribution in [3.63, 3.8) is 0 Å². The number of rotatable bonds is 0. The van der Waals surface area contributed by atoms with Crippen molar-refractivity contribution in [3.05, 3.63) is 12.7 Å². The van der Waals surface area contributed by atoms with Crippen LogP contribution in [0.3, 0.4) is 0 Å². The molecular formula is C4H6Si. The van der Waals surface area contributed by atoms with Crippen LogP contribution in [0.25, 0.3) is 0 Å². The van der Waals surface area contributed by atoms with Gasteiger partial charge in [0.15, 0.2) is 0 Å². The lowest BCUT2D eigenvalue weighted by Crippen LogP contribution is -1.44. The molecule has 0 aromatic rings. The first-order chi connectivity index (χ1) is 2.41. The van der Waals surface area contributed by atoms with Crippen LogP contribution < -0.4 is 0 Å². The Balaban J connectivity index is 3.16. The lowest BCUT2D eigenvalue weighted by atomic mass is 10.7. The fraction of sp³-hybridized carbons (Fsp3) is 0. The van der Waals surface area contributed by atoms with E-state index >= 15 is 0 Å². The van der Waals surface area contributed by atoms with Gasteiger partial charge >= 0.3 is 0 Å². The summed E-state index contributed by atoms with van der Waals surface area (Å²) in [6, 6.07) is 0. The predicted molar refractivity (Wildman–Crippen MR) is 27.9 cm³/mol. The van der Waals surface area contributed by atoms with Crippen LogP contribution in [0.5, 0.6) is 0 Å². The molecule has 0 atom stereocenters. The van der Waals surface area contributed by atoms with E-state index in [0.717, 1.165) is 10.2 Å². The van der Waals surface area contributed by atoms with E-state index in [1.807, 2.05) is 0 Å². The molecule has 1 heteroatoms. The average molecular weight is 82.2 g/mol. The van der Waals surface area contributed by atoms with Crippen LogP contribution >= 0.6 is 0 Å². The van der Waals surface area contributed by atoms with E-state index in [1.165, 1.54) is 0 Å². The van der Waals surface area contributed by atoms with Crippen molar-refractivity contribution in [1.29, 1.82) is 0 Å². The summed E-state index contributed by atoms with van der Waals surface area (Å²) in [5.74, 6) is 2.69. The van der Waals surface area contributed by atoms with Crippen molar-refractivity contribution in [1.82, 2.24) is 0 Å². The van der Waals surface area contributed by atoms with Crippen molar-refractivity contribution in [2.75, 3.05) is 0 Å². The highest BCUT2D eigenvalue weighted by Crippen LogP contribution is 1.46. The third-order valence-corrected chi connectivity index (χ3v) is 0.535. The average Bonchev–Trinajstić information content (AvgIpc) is 1.41. The van der Waals surface area contributed by atoms with Gasteiger partial charge in [0, 0.05) is 0 Å². The van der Waals surface area contributed by atoms with Crippen LogP contribution in [0.1, 0.15) is 0 Å². The summed E-state index contributed by atoms with van der Waals surface area (Å²) in [5, 5.41) is 0. The fourth-order valence-electron chi connectivity index (χ4n) is 0.102. The summed E-state index contributed by atoms with van der Waals surface area (Å²) in [4.78, 5) is 0. The molecule has 0 aliphatic carbocycles. The first-order valence-electron chi connectivity index (χ1n) is 1.45. The third kappa shape index (κ3) is 3.52. The van der Waals surface area contributed by atoms with E-state index in [2.05, 4.69) is 18.0 Å². The number of hydrogen-bond acceptors (Lipinski definition) is 0. The summed E-state index contributed by atoms with van der Waals surface area (Å²) in [6.07, 6.45) is 1.60. The second-order valence-electron chi connectivity index (χ2n) is 0.598. The molecule has 0 radical (unpaired) electrons. The zero-order chi connectivity index (χ0) is 4.12. The quantitative estimate of drug-likeness (QED) is 0.273. The normalized spacial score (nSPS) is 4.80. The molecule has 0 amide bonds. The second kappa shape index (κ2) is 3.52. The summed E-state index contributed by atoms with van der Waals surface area (Å²) in [5.41, 5.74) is 2.79. The highest BCUT2D eigenvalue weighted by Gasteiger charge is 1.36. The van der Waals surface area contributed by atoms with Gasteiger partial charge in [-0.2, -0.15) is 0 Å². The van der Waals surface area contributed by atoms with Crippen LogP contribution in [0.2, 0.25) is 0 Å². The molecule has 0 N–H and O–H groups in total. The van der Waals surface area contributed by atoms with Gasteiger partial charge in [-0.15, -0.1) is 5.54 Å². The molecule has 0 spiro atoms. The van der Waals surface area contributed by atoms with Gasteiger partial charge in [0.1, 0.15) is 0 Å². The van der Waals surface area contributed by atoms with E-state index < -0.39 is 0 Å². The topological polar surface area (TPSA) is 0 Å². The molecular weight excluding hydrogens is 76.1 g/mol. The van der Waals surface area contributed by atoms with E-state index in [0.29, 0.717) is 0 Å². The summed E-state index contributed by atoms with van der Waals surface area (Å²) in [7, 11) is 0.966. The van der Waals surface area contributed by atoms with Gasteiger partial charge in [-0.05, 0) is 6.08 Å². The molecule has 0 saturated heterocycles. The Morgan fingerprint density at radius 2 is 2.40 bits per heavy atom. The Kier molecular flexibility index (Phi) is 3.18. The monoisotopic (exact) mass is 82.0 g/mol. The minimum atomic E-state index is 0.966. The van der Waals surface area contributed by atoms with Gasteiger partial charge in [0.05, 0.1) is 10.2 Å². The van der Waals surface area contributed by atoms with Gasteiger partial charge in [0.25, 0.3) is 0 Å². The van der Waals surface area contributed by atoms with Crippen molar-refractivity contribution in [3.8, 4) is 11.5 Å². The van der Waals surface area contributed by atoms with Gasteiger partial charge in [-0.1, -0.05) is 12.5 Å². The second-order valence-corrected chi connectivity index (χ2v) is 1.10. The summed E-state index contributed by atoms with van der Waals surface area (Å²) >= 11 is 0. The molecule has 0 aliphatic heterocycles. The molecule has 0 nitrogen and oxygen atoms in total. The highest BCUT2D eigenvalue weighted by atomic mass is 28.1. The van der Waals surface area contributed by atoms with E-state index in [-0.39, 0.29) is 0 Å².